The smallest absolute Gasteiger partial charge is 0.0431 e. The van der Waals surface area contributed by atoms with Gasteiger partial charge in [-0.2, -0.15) is 0 Å². The van der Waals surface area contributed by atoms with E-state index in [-0.39, 0.29) is 5.54 Å². The highest BCUT2D eigenvalue weighted by Crippen LogP contribution is 2.06. The molecule has 0 saturated carbocycles. The lowest BCUT2D eigenvalue weighted by molar-refractivity contribution is 0.280. The van der Waals surface area contributed by atoms with Crippen LogP contribution >= 0.6 is 0 Å². The molecule has 1 atom stereocenters. The Bertz CT molecular complexity index is 113. The van der Waals surface area contributed by atoms with Crippen LogP contribution in [0.15, 0.2) is 0 Å². The fraction of sp³-hybridized carbons (Fsp3) is 1.00. The molecule has 3 heteroatoms. The van der Waals surface area contributed by atoms with E-state index in [1.165, 1.54) is 0 Å². The lowest BCUT2D eigenvalue weighted by Gasteiger charge is -2.28. The summed E-state index contributed by atoms with van der Waals surface area (Å²) in [6.45, 7) is 6.29. The zero-order valence-corrected chi connectivity index (χ0v) is 8.97. The van der Waals surface area contributed by atoms with E-state index in [0.717, 1.165) is 32.2 Å². The number of aliphatic hydroxyl groups is 1. The first-order chi connectivity index (χ1) is 6.18. The Hall–Kier alpha value is -0.120. The predicted molar refractivity (Wildman–Crippen MR) is 56.7 cm³/mol. The summed E-state index contributed by atoms with van der Waals surface area (Å²) in [6, 6.07) is 0. The average molecular weight is 188 g/mol. The van der Waals surface area contributed by atoms with Crippen LogP contribution in [0.4, 0.5) is 0 Å². The Morgan fingerprint density at radius 3 is 2.46 bits per heavy atom. The summed E-state index contributed by atoms with van der Waals surface area (Å²) in [5, 5.41) is 12.0. The van der Waals surface area contributed by atoms with Gasteiger partial charge < -0.3 is 16.2 Å². The summed E-state index contributed by atoms with van der Waals surface area (Å²) in [5.74, 6) is 0. The second-order valence-electron chi connectivity index (χ2n) is 3.83. The van der Waals surface area contributed by atoms with Gasteiger partial charge in [0.05, 0.1) is 0 Å². The number of hydrogen-bond acceptors (Lipinski definition) is 3. The van der Waals surface area contributed by atoms with Crippen LogP contribution in [0.2, 0.25) is 0 Å². The molecule has 0 spiro atoms. The Kier molecular flexibility index (Phi) is 7.23. The summed E-state index contributed by atoms with van der Waals surface area (Å²) >= 11 is 0. The van der Waals surface area contributed by atoms with Crippen molar-refractivity contribution in [1.82, 2.24) is 5.32 Å². The minimum absolute atomic E-state index is 0.0964. The highest BCUT2D eigenvalue weighted by Gasteiger charge is 2.17. The summed E-state index contributed by atoms with van der Waals surface area (Å²) in [6.07, 6.45) is 4.18. The molecule has 0 aromatic rings. The van der Waals surface area contributed by atoms with Gasteiger partial charge in [-0.05, 0) is 39.2 Å². The Balaban J connectivity index is 3.39. The third-order valence-electron chi connectivity index (χ3n) is 2.62. The molecule has 3 nitrogen and oxygen atoms in total. The SMILES string of the molecule is CCC(C)(CN)NCCCCCO. The van der Waals surface area contributed by atoms with Crippen molar-refractivity contribution >= 4 is 0 Å². The van der Waals surface area contributed by atoms with E-state index in [9.17, 15) is 0 Å². The average Bonchev–Trinajstić information content (AvgIpc) is 2.17. The molecule has 0 bridgehead atoms. The van der Waals surface area contributed by atoms with Crippen molar-refractivity contribution in [3.8, 4) is 0 Å². The quantitative estimate of drug-likeness (QED) is 0.495. The summed E-state index contributed by atoms with van der Waals surface area (Å²) < 4.78 is 0. The molecule has 0 rings (SSSR count). The third kappa shape index (κ3) is 6.02. The van der Waals surface area contributed by atoms with Crippen molar-refractivity contribution in [3.63, 3.8) is 0 Å². The van der Waals surface area contributed by atoms with Crippen LogP contribution in [0.1, 0.15) is 39.5 Å². The molecule has 0 aromatic heterocycles. The van der Waals surface area contributed by atoms with Gasteiger partial charge in [-0.15, -0.1) is 0 Å². The molecule has 0 aliphatic carbocycles. The molecule has 4 N–H and O–H groups in total. The van der Waals surface area contributed by atoms with Crippen LogP contribution in [-0.2, 0) is 0 Å². The molecule has 0 radical (unpaired) electrons. The number of aliphatic hydroxyl groups excluding tert-OH is 1. The van der Waals surface area contributed by atoms with Gasteiger partial charge in [0.15, 0.2) is 0 Å². The van der Waals surface area contributed by atoms with Crippen molar-refractivity contribution in [3.05, 3.63) is 0 Å². The van der Waals surface area contributed by atoms with E-state index < -0.39 is 0 Å². The normalized spacial score (nSPS) is 15.7. The second kappa shape index (κ2) is 7.30. The molecule has 0 amide bonds. The number of nitrogens with two attached hydrogens (primary N) is 1. The summed E-state index contributed by atoms with van der Waals surface area (Å²) in [5.41, 5.74) is 5.75. The minimum atomic E-state index is 0.0964. The van der Waals surface area contributed by atoms with Gasteiger partial charge in [-0.3, -0.25) is 0 Å². The first-order valence-corrected chi connectivity index (χ1v) is 5.24. The van der Waals surface area contributed by atoms with Crippen LogP contribution in [0.3, 0.4) is 0 Å². The summed E-state index contributed by atoms with van der Waals surface area (Å²) in [4.78, 5) is 0. The molecule has 13 heavy (non-hydrogen) atoms. The van der Waals surface area contributed by atoms with Crippen LogP contribution in [0.5, 0.6) is 0 Å². The molecule has 0 fully saturated rings. The largest absolute Gasteiger partial charge is 0.396 e. The van der Waals surface area contributed by atoms with E-state index in [1.807, 2.05) is 0 Å². The molecule has 0 aliphatic heterocycles. The van der Waals surface area contributed by atoms with E-state index >= 15 is 0 Å². The standard InChI is InChI=1S/C10H24N2O/c1-3-10(2,9-11)12-7-5-4-6-8-13/h12-13H,3-9,11H2,1-2H3. The maximum Gasteiger partial charge on any atom is 0.0431 e. The zero-order chi connectivity index (χ0) is 10.2. The van der Waals surface area contributed by atoms with Crippen LogP contribution in [0.25, 0.3) is 0 Å². The molecular formula is C10H24N2O. The van der Waals surface area contributed by atoms with Gasteiger partial charge in [-0.1, -0.05) is 6.92 Å². The molecular weight excluding hydrogens is 164 g/mol. The second-order valence-corrected chi connectivity index (χ2v) is 3.83. The highest BCUT2D eigenvalue weighted by molar-refractivity contribution is 4.81. The maximum atomic E-state index is 8.58. The Morgan fingerprint density at radius 2 is 2.00 bits per heavy atom. The number of nitrogens with one attached hydrogen (secondary N) is 1. The molecule has 0 aliphatic rings. The lowest BCUT2D eigenvalue weighted by Crippen LogP contribution is -2.48. The van der Waals surface area contributed by atoms with Gasteiger partial charge in [0, 0.05) is 18.7 Å². The minimum Gasteiger partial charge on any atom is -0.396 e. The number of hydrogen-bond donors (Lipinski definition) is 3. The summed E-state index contributed by atoms with van der Waals surface area (Å²) in [7, 11) is 0. The highest BCUT2D eigenvalue weighted by atomic mass is 16.2. The fourth-order valence-corrected chi connectivity index (χ4v) is 1.15. The molecule has 0 saturated heterocycles. The van der Waals surface area contributed by atoms with Gasteiger partial charge in [0.25, 0.3) is 0 Å². The molecule has 1 unspecified atom stereocenters. The topological polar surface area (TPSA) is 58.3 Å². The van der Waals surface area contributed by atoms with Crippen molar-refractivity contribution in [2.24, 2.45) is 5.73 Å². The van der Waals surface area contributed by atoms with Crippen LogP contribution in [0, 0.1) is 0 Å². The van der Waals surface area contributed by atoms with Crippen molar-refractivity contribution in [1.29, 1.82) is 0 Å². The van der Waals surface area contributed by atoms with Crippen LogP contribution in [-0.4, -0.2) is 30.3 Å². The van der Waals surface area contributed by atoms with E-state index in [1.54, 1.807) is 0 Å². The number of unbranched alkanes of at least 4 members (excludes halogenated alkanes) is 2. The Labute approximate surface area is 81.7 Å². The Morgan fingerprint density at radius 1 is 1.31 bits per heavy atom. The first-order valence-electron chi connectivity index (χ1n) is 5.24. The monoisotopic (exact) mass is 188 g/mol. The van der Waals surface area contributed by atoms with Gasteiger partial charge in [0.2, 0.25) is 0 Å². The third-order valence-corrected chi connectivity index (χ3v) is 2.62. The van der Waals surface area contributed by atoms with E-state index in [4.69, 9.17) is 10.8 Å². The number of rotatable bonds is 8. The van der Waals surface area contributed by atoms with Gasteiger partial charge in [-0.25, -0.2) is 0 Å². The predicted octanol–water partition coefficient (Wildman–Crippen LogP) is 0.866. The molecule has 0 heterocycles. The van der Waals surface area contributed by atoms with Crippen molar-refractivity contribution in [2.45, 2.75) is 45.1 Å². The van der Waals surface area contributed by atoms with E-state index in [0.29, 0.717) is 13.2 Å². The fourth-order valence-electron chi connectivity index (χ4n) is 1.15. The van der Waals surface area contributed by atoms with Crippen LogP contribution < -0.4 is 11.1 Å². The van der Waals surface area contributed by atoms with E-state index in [2.05, 4.69) is 19.2 Å². The van der Waals surface area contributed by atoms with Gasteiger partial charge in [0.1, 0.15) is 0 Å². The maximum absolute atomic E-state index is 8.58. The zero-order valence-electron chi connectivity index (χ0n) is 8.97. The van der Waals surface area contributed by atoms with Crippen molar-refractivity contribution < 1.29 is 5.11 Å². The lowest BCUT2D eigenvalue weighted by atomic mass is 9.99. The molecule has 80 valence electrons. The first kappa shape index (κ1) is 12.9. The van der Waals surface area contributed by atoms with Crippen molar-refractivity contribution in [2.75, 3.05) is 19.7 Å². The molecule has 0 aromatic carbocycles. The van der Waals surface area contributed by atoms with Gasteiger partial charge >= 0.3 is 0 Å².